The minimum absolute atomic E-state index is 0.0506. The van der Waals surface area contributed by atoms with Crippen molar-refractivity contribution in [3.63, 3.8) is 0 Å². The second-order valence-corrected chi connectivity index (χ2v) is 7.91. The molecule has 1 aromatic heterocycles. The molecule has 2 amide bonds. The summed E-state index contributed by atoms with van der Waals surface area (Å²) in [5.74, 6) is -0.379. The molecule has 0 aliphatic carbocycles. The van der Waals surface area contributed by atoms with E-state index in [4.69, 9.17) is 28.8 Å². The van der Waals surface area contributed by atoms with Gasteiger partial charge in [-0.25, -0.2) is 9.97 Å². The van der Waals surface area contributed by atoms with Crippen LogP contribution in [-0.4, -0.2) is 69.3 Å². The van der Waals surface area contributed by atoms with Crippen molar-refractivity contribution in [2.24, 2.45) is 10.7 Å². The number of nitrogen functional groups attached to an aromatic ring is 2. The molecule has 0 aromatic carbocycles. The molecule has 1 saturated heterocycles. The van der Waals surface area contributed by atoms with Crippen molar-refractivity contribution in [3.8, 4) is 0 Å². The number of anilines is 2. The summed E-state index contributed by atoms with van der Waals surface area (Å²) in [6.45, 7) is 5.88. The van der Waals surface area contributed by atoms with Crippen LogP contribution in [0.5, 0.6) is 0 Å². The van der Waals surface area contributed by atoms with Gasteiger partial charge in [-0.3, -0.25) is 19.9 Å². The fourth-order valence-corrected chi connectivity index (χ4v) is 3.72. The number of carbonyl (C=O) groups is 2. The third-order valence-corrected chi connectivity index (χ3v) is 5.72. The first-order valence-electron chi connectivity index (χ1n) is 10.0. The van der Waals surface area contributed by atoms with Crippen molar-refractivity contribution in [1.29, 1.82) is 0 Å². The van der Waals surface area contributed by atoms with Crippen molar-refractivity contribution >= 4 is 41.0 Å². The minimum Gasteiger partial charge on any atom is -0.403 e. The molecule has 0 bridgehead atoms. The fraction of sp³-hybridized carbons (Fsp3) is 0.421. The molecule has 0 atom stereocenters. The van der Waals surface area contributed by atoms with Crippen LogP contribution in [0, 0.1) is 0 Å². The Morgan fingerprint density at radius 3 is 2.66 bits per heavy atom. The molecule has 32 heavy (non-hydrogen) atoms. The number of aromatic nitrogens is 2. The van der Waals surface area contributed by atoms with Gasteiger partial charge < -0.3 is 32.3 Å². The molecule has 2 aliphatic heterocycles. The standard InChI is InChI=1S/C19H27ClN10O2/c1-2-29(10-6-21)7-3-12(31)30-8-4-19(5-9-30)11-24-18(28-19)27-17(32)13-15(22)26-16(23)14(20)25-13/h2,6,10H,1,3-5,7-9,11,21H2,(H4,22,23,26)(H2,24,27,28,32)/b10-6-. The summed E-state index contributed by atoms with van der Waals surface area (Å²) in [7, 11) is 0. The number of carbonyl (C=O) groups excluding carboxylic acids is 2. The number of nitrogens with zero attached hydrogens (tertiary/aromatic N) is 5. The smallest absolute Gasteiger partial charge is 0.280 e. The van der Waals surface area contributed by atoms with Crippen LogP contribution in [0.15, 0.2) is 30.2 Å². The second kappa shape index (κ2) is 9.73. The van der Waals surface area contributed by atoms with Crippen LogP contribution in [-0.2, 0) is 4.79 Å². The number of likely N-dealkylation sites (tertiary alicyclic amines) is 1. The zero-order chi connectivity index (χ0) is 23.3. The number of halogens is 1. The Labute approximate surface area is 190 Å². The maximum Gasteiger partial charge on any atom is 0.280 e. The van der Waals surface area contributed by atoms with Gasteiger partial charge in [0.15, 0.2) is 28.4 Å². The number of nitrogens with two attached hydrogens (primary N) is 3. The monoisotopic (exact) mass is 462 g/mol. The molecular weight excluding hydrogens is 436 g/mol. The van der Waals surface area contributed by atoms with Gasteiger partial charge in [-0.1, -0.05) is 18.2 Å². The molecule has 13 heteroatoms. The Hall–Kier alpha value is -3.54. The highest BCUT2D eigenvalue weighted by Crippen LogP contribution is 2.26. The molecule has 172 valence electrons. The number of aliphatic imine (C=N–C) groups is 1. The van der Waals surface area contributed by atoms with E-state index in [1.165, 1.54) is 6.20 Å². The zero-order valence-electron chi connectivity index (χ0n) is 17.6. The van der Waals surface area contributed by atoms with Gasteiger partial charge in [0.25, 0.3) is 5.91 Å². The van der Waals surface area contributed by atoms with Crippen molar-refractivity contribution in [1.82, 2.24) is 30.4 Å². The van der Waals surface area contributed by atoms with E-state index < -0.39 is 5.91 Å². The van der Waals surface area contributed by atoms with E-state index in [0.717, 1.165) is 0 Å². The lowest BCUT2D eigenvalue weighted by molar-refractivity contribution is -0.132. The second-order valence-electron chi connectivity index (χ2n) is 7.55. The molecule has 12 nitrogen and oxygen atoms in total. The first kappa shape index (κ1) is 23.1. The van der Waals surface area contributed by atoms with Gasteiger partial charge in [0.05, 0.1) is 12.1 Å². The van der Waals surface area contributed by atoms with Crippen molar-refractivity contribution < 1.29 is 9.59 Å². The Kier molecular flexibility index (Phi) is 7.03. The van der Waals surface area contributed by atoms with Crippen molar-refractivity contribution in [2.75, 3.05) is 37.6 Å². The van der Waals surface area contributed by atoms with Crippen LogP contribution in [0.3, 0.4) is 0 Å². The van der Waals surface area contributed by atoms with Gasteiger partial charge in [-0.15, -0.1) is 0 Å². The van der Waals surface area contributed by atoms with Gasteiger partial charge in [-0.2, -0.15) is 0 Å². The summed E-state index contributed by atoms with van der Waals surface area (Å²) in [6.07, 6.45) is 6.45. The van der Waals surface area contributed by atoms with E-state index in [1.54, 1.807) is 17.3 Å². The average molecular weight is 463 g/mol. The molecule has 1 aromatic rings. The molecule has 3 rings (SSSR count). The van der Waals surface area contributed by atoms with Crippen LogP contribution in [0.1, 0.15) is 29.8 Å². The predicted molar refractivity (Wildman–Crippen MR) is 122 cm³/mol. The lowest BCUT2D eigenvalue weighted by atomic mass is 9.88. The first-order valence-corrected chi connectivity index (χ1v) is 10.4. The quantitative estimate of drug-likeness (QED) is 0.376. The Morgan fingerprint density at radius 2 is 2.00 bits per heavy atom. The summed E-state index contributed by atoms with van der Waals surface area (Å²) in [6, 6.07) is 0. The number of hydrogen-bond acceptors (Lipinski definition) is 10. The van der Waals surface area contributed by atoms with Gasteiger partial charge in [0.2, 0.25) is 5.91 Å². The van der Waals surface area contributed by atoms with Gasteiger partial charge in [0.1, 0.15) is 0 Å². The summed E-state index contributed by atoms with van der Waals surface area (Å²) >= 11 is 5.84. The third-order valence-electron chi connectivity index (χ3n) is 5.44. The molecule has 0 radical (unpaired) electrons. The van der Waals surface area contributed by atoms with Crippen molar-refractivity contribution in [3.05, 3.63) is 36.0 Å². The Bertz CT molecular complexity index is 956. The van der Waals surface area contributed by atoms with Crippen LogP contribution in [0.2, 0.25) is 5.15 Å². The maximum absolute atomic E-state index is 12.5. The topological polar surface area (TPSA) is 181 Å². The molecule has 0 unspecified atom stereocenters. The van der Waals surface area contributed by atoms with Crippen LogP contribution >= 0.6 is 11.6 Å². The Morgan fingerprint density at radius 1 is 1.28 bits per heavy atom. The van der Waals surface area contributed by atoms with Gasteiger partial charge in [0, 0.05) is 38.5 Å². The number of amides is 2. The highest BCUT2D eigenvalue weighted by molar-refractivity contribution is 6.31. The van der Waals surface area contributed by atoms with E-state index in [9.17, 15) is 9.59 Å². The van der Waals surface area contributed by atoms with Crippen molar-refractivity contribution in [2.45, 2.75) is 24.8 Å². The van der Waals surface area contributed by atoms with E-state index in [1.807, 2.05) is 4.90 Å². The molecule has 1 spiro atoms. The SMILES string of the molecule is C=CN(/C=C\N)CCC(=O)N1CCC2(CC1)CN=C(NC(=O)c1nc(Cl)c(N)nc1N)N2. The summed E-state index contributed by atoms with van der Waals surface area (Å²) in [5, 5.41) is 5.82. The number of guanidine groups is 1. The number of hydrogen-bond donors (Lipinski definition) is 5. The Balaban J connectivity index is 1.50. The largest absolute Gasteiger partial charge is 0.403 e. The normalized spacial score (nSPS) is 17.2. The van der Waals surface area contributed by atoms with Crippen LogP contribution in [0.4, 0.5) is 11.6 Å². The van der Waals surface area contributed by atoms with Crippen LogP contribution in [0.25, 0.3) is 0 Å². The predicted octanol–water partition coefficient (Wildman–Crippen LogP) is -0.390. The molecule has 8 N–H and O–H groups in total. The molecule has 3 heterocycles. The van der Waals surface area contributed by atoms with E-state index in [2.05, 4.69) is 32.2 Å². The van der Waals surface area contributed by atoms with E-state index >= 15 is 0 Å². The van der Waals surface area contributed by atoms with Gasteiger partial charge >= 0.3 is 0 Å². The average Bonchev–Trinajstić information content (AvgIpc) is 3.15. The highest BCUT2D eigenvalue weighted by atomic mass is 35.5. The zero-order valence-corrected chi connectivity index (χ0v) is 18.3. The third kappa shape index (κ3) is 5.19. The fourth-order valence-electron chi connectivity index (χ4n) is 3.59. The van der Waals surface area contributed by atoms with Gasteiger partial charge in [-0.05, 0) is 19.0 Å². The highest BCUT2D eigenvalue weighted by Gasteiger charge is 2.40. The summed E-state index contributed by atoms with van der Waals surface area (Å²) in [4.78, 5) is 40.7. The molecular formula is C19H27ClN10O2. The lowest BCUT2D eigenvalue weighted by Crippen LogP contribution is -2.57. The molecule has 1 fully saturated rings. The number of nitrogens with one attached hydrogen (secondary N) is 2. The molecule has 0 saturated carbocycles. The molecule has 2 aliphatic rings. The first-order chi connectivity index (χ1) is 15.3. The van der Waals surface area contributed by atoms with E-state index in [-0.39, 0.29) is 33.9 Å². The number of piperidine rings is 1. The summed E-state index contributed by atoms with van der Waals surface area (Å²) in [5.41, 5.74) is 16.2. The summed E-state index contributed by atoms with van der Waals surface area (Å²) < 4.78 is 0. The van der Waals surface area contributed by atoms with Crippen LogP contribution < -0.4 is 27.8 Å². The lowest BCUT2D eigenvalue weighted by Gasteiger charge is -2.39. The van der Waals surface area contributed by atoms with E-state index in [0.29, 0.717) is 51.4 Å². The minimum atomic E-state index is -0.592. The number of rotatable bonds is 6. The maximum atomic E-state index is 12.5.